The van der Waals surface area contributed by atoms with Crippen LogP contribution in [0.4, 0.5) is 15.8 Å². The highest BCUT2D eigenvalue weighted by molar-refractivity contribution is 6.04. The van der Waals surface area contributed by atoms with Gasteiger partial charge >= 0.3 is 5.97 Å². The van der Waals surface area contributed by atoms with Crippen molar-refractivity contribution >= 4 is 23.3 Å². The number of rotatable bonds is 6. The van der Waals surface area contributed by atoms with Gasteiger partial charge in [0.05, 0.1) is 34.8 Å². The fourth-order valence-electron chi connectivity index (χ4n) is 2.75. The van der Waals surface area contributed by atoms with Crippen molar-refractivity contribution in [2.24, 2.45) is 0 Å². The lowest BCUT2D eigenvalue weighted by Crippen LogP contribution is -2.13. The number of non-ortho nitro benzene ring substituents is 1. The minimum absolute atomic E-state index is 0.208. The monoisotopic (exact) mass is 412 g/mol. The molecule has 3 rings (SSSR count). The average Bonchev–Trinajstić information content (AvgIpc) is 3.11. The molecule has 1 aromatic heterocycles. The van der Waals surface area contributed by atoms with Gasteiger partial charge in [-0.05, 0) is 44.2 Å². The predicted molar refractivity (Wildman–Crippen MR) is 105 cm³/mol. The van der Waals surface area contributed by atoms with Gasteiger partial charge in [-0.25, -0.2) is 13.9 Å². The fourth-order valence-corrected chi connectivity index (χ4v) is 2.75. The maximum atomic E-state index is 13.9. The van der Waals surface area contributed by atoms with Gasteiger partial charge in [-0.1, -0.05) is 0 Å². The number of ether oxygens (including phenoxy) is 1. The summed E-state index contributed by atoms with van der Waals surface area (Å²) in [6.07, 6.45) is 1.40. The molecule has 9 nitrogen and oxygen atoms in total. The minimum atomic E-state index is -0.788. The summed E-state index contributed by atoms with van der Waals surface area (Å²) in [5.74, 6) is -1.90. The van der Waals surface area contributed by atoms with Crippen molar-refractivity contribution in [3.05, 3.63) is 81.4 Å². The van der Waals surface area contributed by atoms with Gasteiger partial charge < -0.3 is 10.1 Å². The van der Waals surface area contributed by atoms with Crippen LogP contribution < -0.4 is 5.32 Å². The molecule has 0 aliphatic heterocycles. The molecule has 1 N–H and O–H groups in total. The molecule has 1 heterocycles. The van der Waals surface area contributed by atoms with Gasteiger partial charge in [0.25, 0.3) is 11.6 Å². The molecule has 154 valence electrons. The van der Waals surface area contributed by atoms with Crippen LogP contribution in [0.2, 0.25) is 0 Å². The number of carbonyl (C=O) groups is 2. The van der Waals surface area contributed by atoms with Gasteiger partial charge in [-0.15, -0.1) is 0 Å². The first-order valence-electron chi connectivity index (χ1n) is 8.89. The van der Waals surface area contributed by atoms with E-state index in [1.165, 1.54) is 23.0 Å². The molecule has 0 unspecified atom stereocenters. The molecule has 0 aliphatic carbocycles. The third-order valence-electron chi connectivity index (χ3n) is 4.29. The smallest absolute Gasteiger partial charge is 0.341 e. The Morgan fingerprint density at radius 3 is 2.57 bits per heavy atom. The van der Waals surface area contributed by atoms with Crippen LogP contribution in [-0.4, -0.2) is 33.2 Å². The second kappa shape index (κ2) is 8.52. The van der Waals surface area contributed by atoms with Gasteiger partial charge in [0.2, 0.25) is 0 Å². The van der Waals surface area contributed by atoms with Crippen LogP contribution >= 0.6 is 0 Å². The van der Waals surface area contributed by atoms with Crippen molar-refractivity contribution < 1.29 is 23.6 Å². The number of carbonyl (C=O) groups excluding carboxylic acids is 2. The Labute approximate surface area is 170 Å². The van der Waals surface area contributed by atoms with Crippen LogP contribution in [-0.2, 0) is 4.74 Å². The second-order valence-electron chi connectivity index (χ2n) is 6.20. The highest BCUT2D eigenvalue weighted by Crippen LogP contribution is 2.22. The third-order valence-corrected chi connectivity index (χ3v) is 4.29. The Balaban J connectivity index is 1.80. The highest BCUT2D eigenvalue weighted by atomic mass is 19.1. The van der Waals surface area contributed by atoms with E-state index in [1.54, 1.807) is 26.0 Å². The lowest BCUT2D eigenvalue weighted by molar-refractivity contribution is -0.384. The number of nitrogens with one attached hydrogen (secondary N) is 1. The third kappa shape index (κ3) is 4.17. The Hall–Kier alpha value is -4.08. The average molecular weight is 412 g/mol. The van der Waals surface area contributed by atoms with Crippen LogP contribution in [0, 0.1) is 22.9 Å². The van der Waals surface area contributed by atoms with E-state index >= 15 is 0 Å². The molecule has 0 fully saturated rings. The number of nitrogens with zero attached hydrogens (tertiary/aromatic N) is 3. The molecule has 0 radical (unpaired) electrons. The topological polar surface area (TPSA) is 116 Å². The largest absolute Gasteiger partial charge is 0.462 e. The lowest BCUT2D eigenvalue weighted by Gasteiger charge is -2.09. The van der Waals surface area contributed by atoms with Gasteiger partial charge in [0.1, 0.15) is 11.4 Å². The van der Waals surface area contributed by atoms with E-state index in [0.29, 0.717) is 16.9 Å². The Morgan fingerprint density at radius 2 is 1.93 bits per heavy atom. The van der Waals surface area contributed by atoms with E-state index in [2.05, 4.69) is 10.4 Å². The number of halogens is 1. The van der Waals surface area contributed by atoms with E-state index in [0.717, 1.165) is 18.2 Å². The van der Waals surface area contributed by atoms with Crippen molar-refractivity contribution in [1.82, 2.24) is 9.78 Å². The molecular weight excluding hydrogens is 395 g/mol. The molecular formula is C20H17FN4O5. The summed E-state index contributed by atoms with van der Waals surface area (Å²) in [6.45, 7) is 3.67. The van der Waals surface area contributed by atoms with Crippen LogP contribution in [0.1, 0.15) is 33.3 Å². The number of anilines is 1. The summed E-state index contributed by atoms with van der Waals surface area (Å²) < 4.78 is 20.4. The summed E-state index contributed by atoms with van der Waals surface area (Å²) in [5, 5.41) is 17.3. The number of nitro groups is 1. The normalized spacial score (nSPS) is 10.5. The zero-order valence-electron chi connectivity index (χ0n) is 16.1. The molecule has 2 aromatic carbocycles. The summed E-state index contributed by atoms with van der Waals surface area (Å²) in [4.78, 5) is 34.5. The van der Waals surface area contributed by atoms with E-state index in [4.69, 9.17) is 4.74 Å². The zero-order valence-corrected chi connectivity index (χ0v) is 16.1. The van der Waals surface area contributed by atoms with Gasteiger partial charge in [0, 0.05) is 17.7 Å². The summed E-state index contributed by atoms with van der Waals surface area (Å²) in [7, 11) is 0. The number of hydrogen-bond donors (Lipinski definition) is 1. The molecule has 0 saturated heterocycles. The number of amides is 1. The first-order valence-corrected chi connectivity index (χ1v) is 8.89. The van der Waals surface area contributed by atoms with E-state index < -0.39 is 22.6 Å². The highest BCUT2D eigenvalue weighted by Gasteiger charge is 2.17. The predicted octanol–water partition coefficient (Wildman–Crippen LogP) is 3.66. The number of aromatic nitrogens is 2. The van der Waals surface area contributed by atoms with E-state index in [-0.39, 0.29) is 23.5 Å². The maximum absolute atomic E-state index is 13.9. The summed E-state index contributed by atoms with van der Waals surface area (Å²) >= 11 is 0. The fraction of sp³-hybridized carbons (Fsp3) is 0.150. The molecule has 0 bridgehead atoms. The van der Waals surface area contributed by atoms with Crippen molar-refractivity contribution in [1.29, 1.82) is 0 Å². The first-order chi connectivity index (χ1) is 14.3. The van der Waals surface area contributed by atoms with Crippen LogP contribution in [0.5, 0.6) is 0 Å². The molecule has 1 amide bonds. The van der Waals surface area contributed by atoms with Crippen molar-refractivity contribution in [2.45, 2.75) is 13.8 Å². The van der Waals surface area contributed by atoms with Crippen LogP contribution in [0.25, 0.3) is 5.69 Å². The van der Waals surface area contributed by atoms with Crippen molar-refractivity contribution in [3.63, 3.8) is 0 Å². The Kier molecular flexibility index (Phi) is 5.86. The summed E-state index contributed by atoms with van der Waals surface area (Å²) in [6, 6.07) is 9.07. The molecule has 0 atom stereocenters. The minimum Gasteiger partial charge on any atom is -0.462 e. The molecule has 0 aliphatic rings. The maximum Gasteiger partial charge on any atom is 0.341 e. The number of benzene rings is 2. The van der Waals surface area contributed by atoms with Gasteiger partial charge in [-0.2, -0.15) is 5.10 Å². The van der Waals surface area contributed by atoms with Crippen LogP contribution in [0.15, 0.2) is 48.7 Å². The molecule has 3 aromatic rings. The van der Waals surface area contributed by atoms with E-state index in [9.17, 15) is 24.1 Å². The van der Waals surface area contributed by atoms with Gasteiger partial charge in [0.15, 0.2) is 0 Å². The number of nitro benzene ring substituents is 1. The van der Waals surface area contributed by atoms with E-state index in [1.807, 2.05) is 0 Å². The molecule has 0 spiro atoms. The van der Waals surface area contributed by atoms with Crippen molar-refractivity contribution in [2.75, 3.05) is 11.9 Å². The zero-order chi connectivity index (χ0) is 21.8. The van der Waals surface area contributed by atoms with Gasteiger partial charge in [-0.3, -0.25) is 14.9 Å². The molecule has 30 heavy (non-hydrogen) atoms. The second-order valence-corrected chi connectivity index (χ2v) is 6.20. The number of hydrogen-bond acceptors (Lipinski definition) is 6. The SMILES string of the molecule is CCOC(=O)c1cnn(-c2ccc(C(=O)Nc3cc([N+](=O)[O-])ccc3F)cc2)c1C. The Morgan fingerprint density at radius 1 is 1.23 bits per heavy atom. The standard InChI is InChI=1S/C20H17FN4O5/c1-3-30-20(27)16-11-22-24(12(16)2)14-6-4-13(5-7-14)19(26)23-18-10-15(25(28)29)8-9-17(18)21/h4-11H,3H2,1-2H3,(H,23,26). The lowest BCUT2D eigenvalue weighted by atomic mass is 10.1. The quantitative estimate of drug-likeness (QED) is 0.375. The first kappa shape index (κ1) is 20.6. The summed E-state index contributed by atoms with van der Waals surface area (Å²) in [5.41, 5.74) is 1.08. The number of esters is 1. The Bertz CT molecular complexity index is 1120. The van der Waals surface area contributed by atoms with Crippen molar-refractivity contribution in [3.8, 4) is 5.69 Å². The van der Waals surface area contributed by atoms with Crippen LogP contribution in [0.3, 0.4) is 0 Å². The molecule has 10 heteroatoms. The molecule has 0 saturated carbocycles.